The van der Waals surface area contributed by atoms with Crippen LogP contribution >= 0.6 is 11.6 Å². The fourth-order valence-corrected chi connectivity index (χ4v) is 4.79. The summed E-state index contributed by atoms with van der Waals surface area (Å²) in [5.74, 6) is 0.576. The van der Waals surface area contributed by atoms with Crippen molar-refractivity contribution in [3.8, 4) is 11.5 Å². The van der Waals surface area contributed by atoms with Gasteiger partial charge in [-0.1, -0.05) is 36.4 Å². The van der Waals surface area contributed by atoms with Gasteiger partial charge in [0, 0.05) is 74.7 Å². The quantitative estimate of drug-likeness (QED) is 0.264. The summed E-state index contributed by atoms with van der Waals surface area (Å²) < 4.78 is 13.7. The van der Waals surface area contributed by atoms with Crippen LogP contribution in [0.15, 0.2) is 70.3 Å². The molecule has 1 N–H and O–H groups in total. The van der Waals surface area contributed by atoms with E-state index in [0.29, 0.717) is 40.2 Å². The van der Waals surface area contributed by atoms with Gasteiger partial charge in [-0.3, -0.25) is 19.7 Å². The molecule has 2 aromatic carbocycles. The summed E-state index contributed by atoms with van der Waals surface area (Å²) in [5, 5.41) is 4.12. The largest absolute Gasteiger partial charge is 0.494 e. The zero-order valence-electron chi connectivity index (χ0n) is 23.2. The third-order valence-electron chi connectivity index (χ3n) is 6.84. The molecule has 1 aromatic heterocycles. The highest BCUT2D eigenvalue weighted by Gasteiger charge is 2.17. The number of hydrogen-bond acceptors (Lipinski definition) is 7. The van der Waals surface area contributed by atoms with E-state index in [1.165, 1.54) is 12.3 Å². The van der Waals surface area contributed by atoms with Crippen molar-refractivity contribution in [1.29, 1.82) is 0 Å². The fraction of sp³-hybridized carbons (Fsp3) is 0.300. The maximum Gasteiger partial charge on any atom is 0.247 e. The van der Waals surface area contributed by atoms with E-state index < -0.39 is 0 Å². The van der Waals surface area contributed by atoms with Crippen LogP contribution in [0.2, 0.25) is 0 Å². The lowest BCUT2D eigenvalue weighted by Crippen LogP contribution is -2.45. The summed E-state index contributed by atoms with van der Waals surface area (Å²) in [5.41, 5.74) is 3.30. The number of amides is 1. The van der Waals surface area contributed by atoms with Gasteiger partial charge in [-0.2, -0.15) is 0 Å². The molecule has 40 heavy (non-hydrogen) atoms. The first kappa shape index (κ1) is 29.1. The average molecular weight is 563 g/mol. The van der Waals surface area contributed by atoms with E-state index in [2.05, 4.69) is 45.4 Å². The smallest absolute Gasteiger partial charge is 0.247 e. The van der Waals surface area contributed by atoms with Crippen molar-refractivity contribution < 1.29 is 14.3 Å². The normalized spacial score (nSPS) is 15.2. The minimum atomic E-state index is -0.365. The molecule has 2 heterocycles. The molecule has 3 aromatic rings. The number of allylic oxidation sites excluding steroid dienone is 1. The zero-order valence-corrected chi connectivity index (χ0v) is 23.9. The predicted molar refractivity (Wildman–Crippen MR) is 165 cm³/mol. The number of aryl methyl sites for hydroxylation is 1. The molecule has 1 saturated heterocycles. The Morgan fingerprint density at radius 2 is 1.90 bits per heavy atom. The Bertz CT molecular complexity index is 1450. The van der Waals surface area contributed by atoms with Crippen molar-refractivity contribution in [2.75, 3.05) is 58.8 Å². The number of halogens is 1. The standard InChI is InChI=1S/C30H35ClN6O3/c1-6-29(38)34-25-17-24(27(39-5)18-28(25)40-16-15-37-13-11-35(3)12-14-37)33-19-23(31)30(32-2)22-20-36(4)26-10-8-7-9-21(22)26/h6-10,17-20H,1-2,11-16H2,3-5H3,(H,34,38)/b30-23+,33-19?. The molecule has 0 aliphatic carbocycles. The molecule has 10 heteroatoms. The van der Waals surface area contributed by atoms with Crippen molar-refractivity contribution in [1.82, 2.24) is 14.4 Å². The lowest BCUT2D eigenvalue weighted by Gasteiger charge is -2.32. The van der Waals surface area contributed by atoms with Crippen molar-refractivity contribution in [2.45, 2.75) is 0 Å². The van der Waals surface area contributed by atoms with Crippen LogP contribution in [-0.2, 0) is 11.8 Å². The molecule has 0 saturated carbocycles. The monoisotopic (exact) mass is 562 g/mol. The molecule has 1 fully saturated rings. The van der Waals surface area contributed by atoms with Gasteiger partial charge >= 0.3 is 0 Å². The minimum absolute atomic E-state index is 0.303. The summed E-state index contributed by atoms with van der Waals surface area (Å²) in [6.07, 6.45) is 4.66. The zero-order chi connectivity index (χ0) is 28.6. The molecule has 0 atom stereocenters. The number of anilines is 1. The number of likely N-dealkylation sites (N-methyl/N-ethyl adjacent to an activating group) is 1. The van der Waals surface area contributed by atoms with Crippen LogP contribution in [0, 0.1) is 0 Å². The fourth-order valence-electron chi connectivity index (χ4n) is 4.58. The molecule has 0 spiro atoms. The van der Waals surface area contributed by atoms with Gasteiger partial charge in [0.25, 0.3) is 0 Å². The van der Waals surface area contributed by atoms with Crippen LogP contribution in [0.1, 0.15) is 5.56 Å². The lowest BCUT2D eigenvalue weighted by molar-refractivity contribution is -0.111. The van der Waals surface area contributed by atoms with Crippen LogP contribution < -0.4 is 14.8 Å². The van der Waals surface area contributed by atoms with Gasteiger partial charge in [0.1, 0.15) is 23.8 Å². The van der Waals surface area contributed by atoms with Crippen LogP contribution in [-0.4, -0.2) is 86.7 Å². The second kappa shape index (κ2) is 13.4. The summed E-state index contributed by atoms with van der Waals surface area (Å²) in [7, 11) is 5.64. The number of aliphatic imine (C=N–C) groups is 2. The number of ether oxygens (including phenoxy) is 2. The van der Waals surface area contributed by atoms with Crippen molar-refractivity contribution in [3.63, 3.8) is 0 Å². The summed E-state index contributed by atoms with van der Waals surface area (Å²) >= 11 is 6.70. The van der Waals surface area contributed by atoms with Gasteiger partial charge in [-0.15, -0.1) is 0 Å². The molecule has 0 radical (unpaired) electrons. The number of fused-ring (bicyclic) bond motifs is 1. The number of hydrogen-bond donors (Lipinski definition) is 1. The van der Waals surface area contributed by atoms with Gasteiger partial charge in [0.15, 0.2) is 0 Å². The van der Waals surface area contributed by atoms with Crippen LogP contribution in [0.4, 0.5) is 11.4 Å². The second-order valence-corrected chi connectivity index (χ2v) is 9.90. The first-order valence-electron chi connectivity index (χ1n) is 13.0. The third-order valence-corrected chi connectivity index (χ3v) is 7.12. The molecule has 0 bridgehead atoms. The Morgan fingerprint density at radius 3 is 2.60 bits per heavy atom. The van der Waals surface area contributed by atoms with Crippen molar-refractivity contribution in [2.24, 2.45) is 17.0 Å². The van der Waals surface area contributed by atoms with Gasteiger partial charge in [0.05, 0.1) is 23.5 Å². The molecular formula is C30H35ClN6O3. The van der Waals surface area contributed by atoms with E-state index in [-0.39, 0.29) is 5.91 Å². The average Bonchev–Trinajstić information content (AvgIpc) is 3.29. The molecule has 1 amide bonds. The number of nitrogens with one attached hydrogen (secondary N) is 1. The number of para-hydroxylation sites is 1. The number of carbonyl (C=O) groups excluding carboxylic acids is 1. The number of aromatic nitrogens is 1. The molecule has 1 aliphatic heterocycles. The summed E-state index contributed by atoms with van der Waals surface area (Å²) in [6.45, 7) is 12.6. The van der Waals surface area contributed by atoms with E-state index in [4.69, 9.17) is 21.1 Å². The maximum absolute atomic E-state index is 12.2. The molecular weight excluding hydrogens is 528 g/mol. The first-order chi connectivity index (χ1) is 19.3. The van der Waals surface area contributed by atoms with E-state index in [9.17, 15) is 4.79 Å². The van der Waals surface area contributed by atoms with Crippen LogP contribution in [0.5, 0.6) is 11.5 Å². The number of rotatable bonds is 11. The highest BCUT2D eigenvalue weighted by molar-refractivity contribution is 6.42. The Hall–Kier alpha value is -3.92. The Morgan fingerprint density at radius 1 is 1.15 bits per heavy atom. The highest BCUT2D eigenvalue weighted by atomic mass is 35.5. The SMILES string of the molecule is C=CC(=O)Nc1cc(N=C/C(Cl)=C(\N=C)c2cn(C)c3ccccc23)c(OC)cc1OCCN1CCN(C)CC1. The van der Waals surface area contributed by atoms with Gasteiger partial charge < -0.3 is 24.3 Å². The molecule has 9 nitrogen and oxygen atoms in total. The molecule has 1 aliphatic rings. The third kappa shape index (κ3) is 6.80. The molecule has 210 valence electrons. The van der Waals surface area contributed by atoms with Crippen LogP contribution in [0.25, 0.3) is 16.6 Å². The lowest BCUT2D eigenvalue weighted by atomic mass is 10.1. The van der Waals surface area contributed by atoms with E-state index in [0.717, 1.165) is 49.2 Å². The Kier molecular flexibility index (Phi) is 9.76. The van der Waals surface area contributed by atoms with Crippen molar-refractivity contribution in [3.05, 3.63) is 65.8 Å². The molecule has 4 rings (SSSR count). The summed E-state index contributed by atoms with van der Waals surface area (Å²) in [6, 6.07) is 11.4. The highest BCUT2D eigenvalue weighted by Crippen LogP contribution is 2.39. The molecule has 0 unspecified atom stereocenters. The second-order valence-electron chi connectivity index (χ2n) is 9.49. The number of carbonyl (C=O) groups is 1. The number of nitrogens with zero attached hydrogens (tertiary/aromatic N) is 5. The maximum atomic E-state index is 12.2. The van der Waals surface area contributed by atoms with E-state index in [1.54, 1.807) is 19.2 Å². The minimum Gasteiger partial charge on any atom is -0.494 e. The van der Waals surface area contributed by atoms with Gasteiger partial charge in [-0.05, 0) is 32.0 Å². The van der Waals surface area contributed by atoms with E-state index in [1.807, 2.05) is 42.1 Å². The Labute approximate surface area is 240 Å². The van der Waals surface area contributed by atoms with Gasteiger partial charge in [0.2, 0.25) is 5.91 Å². The summed E-state index contributed by atoms with van der Waals surface area (Å²) in [4.78, 5) is 25.6. The predicted octanol–water partition coefficient (Wildman–Crippen LogP) is 4.95. The number of methoxy groups -OCH3 is 1. The van der Waals surface area contributed by atoms with Crippen molar-refractivity contribution >= 4 is 58.4 Å². The van der Waals surface area contributed by atoms with Crippen LogP contribution in [0.3, 0.4) is 0 Å². The number of piperazine rings is 1. The Balaban J connectivity index is 1.61. The topological polar surface area (TPSA) is 83.7 Å². The first-order valence-corrected chi connectivity index (χ1v) is 13.4. The van der Waals surface area contributed by atoms with Gasteiger partial charge in [-0.25, -0.2) is 0 Å². The number of benzene rings is 2. The van der Waals surface area contributed by atoms with E-state index >= 15 is 0 Å².